The maximum Gasteiger partial charge on any atom is 0.407 e. The second-order valence-electron chi connectivity index (χ2n) is 7.64. The Balaban J connectivity index is 1.51. The predicted molar refractivity (Wildman–Crippen MR) is 112 cm³/mol. The molecule has 0 aliphatic heterocycles. The first-order chi connectivity index (χ1) is 14.3. The highest BCUT2D eigenvalue weighted by atomic mass is 16.5. The quantitative estimate of drug-likeness (QED) is 0.619. The number of alkyl carbamates (subject to hydrolysis) is 1. The van der Waals surface area contributed by atoms with Crippen LogP contribution in [0.5, 0.6) is 0 Å². The zero-order valence-corrected chi connectivity index (χ0v) is 17.1. The van der Waals surface area contributed by atoms with Crippen LogP contribution in [-0.2, 0) is 14.3 Å². The molecule has 3 rings (SSSR count). The lowest BCUT2D eigenvalue weighted by Gasteiger charge is -2.18. The summed E-state index contributed by atoms with van der Waals surface area (Å²) in [4.78, 5) is 34.9. The molecule has 0 spiro atoms. The number of carboxylic acid groups (broad SMARTS) is 1. The van der Waals surface area contributed by atoms with E-state index in [9.17, 15) is 14.4 Å². The van der Waals surface area contributed by atoms with Crippen molar-refractivity contribution >= 4 is 18.0 Å². The van der Waals surface area contributed by atoms with E-state index in [4.69, 9.17) is 9.84 Å². The zero-order valence-electron chi connectivity index (χ0n) is 17.1. The van der Waals surface area contributed by atoms with Crippen molar-refractivity contribution in [3.63, 3.8) is 0 Å². The standard InChI is InChI=1S/C23H26N2O5/c1-14(11-21(26)24-15(2)12-22(27)28)25-23(29)30-13-20-18-9-5-3-7-16(18)17-8-4-6-10-19(17)20/h3-10,14-15,20H,11-13H2,1-2H3,(H,24,26)(H,25,29)(H,27,28)/t14-,15?/m1/s1. The third-order valence-electron chi connectivity index (χ3n) is 5.09. The summed E-state index contributed by atoms with van der Waals surface area (Å²) in [6.07, 6.45) is -0.704. The molecule has 2 aromatic rings. The Morgan fingerprint density at radius 1 is 0.900 bits per heavy atom. The monoisotopic (exact) mass is 410 g/mol. The van der Waals surface area contributed by atoms with Crippen molar-refractivity contribution in [3.8, 4) is 11.1 Å². The number of benzene rings is 2. The molecule has 0 heterocycles. The van der Waals surface area contributed by atoms with Crippen molar-refractivity contribution in [3.05, 3.63) is 59.7 Å². The van der Waals surface area contributed by atoms with Gasteiger partial charge in [-0.25, -0.2) is 4.79 Å². The van der Waals surface area contributed by atoms with Gasteiger partial charge in [0.05, 0.1) is 6.42 Å². The second kappa shape index (κ2) is 9.43. The molecule has 3 N–H and O–H groups in total. The lowest BCUT2D eigenvalue weighted by Crippen LogP contribution is -2.40. The normalized spacial score (nSPS) is 14.2. The third-order valence-corrected chi connectivity index (χ3v) is 5.09. The number of carbonyl (C=O) groups excluding carboxylic acids is 2. The minimum absolute atomic E-state index is 0.0291. The molecule has 0 aromatic heterocycles. The van der Waals surface area contributed by atoms with Crippen molar-refractivity contribution in [2.75, 3.05) is 6.61 Å². The molecule has 0 fully saturated rings. The molecule has 2 atom stereocenters. The first-order valence-electron chi connectivity index (χ1n) is 9.97. The van der Waals surface area contributed by atoms with Crippen LogP contribution >= 0.6 is 0 Å². The molecule has 7 heteroatoms. The Labute approximate surface area is 175 Å². The molecule has 2 aromatic carbocycles. The van der Waals surface area contributed by atoms with E-state index in [1.807, 2.05) is 36.4 Å². The van der Waals surface area contributed by atoms with Crippen LogP contribution in [0.3, 0.4) is 0 Å². The number of hydrogen-bond donors (Lipinski definition) is 3. The van der Waals surface area contributed by atoms with E-state index in [0.717, 1.165) is 22.3 Å². The fourth-order valence-corrected chi connectivity index (χ4v) is 3.82. The summed E-state index contributed by atoms with van der Waals surface area (Å²) in [6.45, 7) is 3.52. The van der Waals surface area contributed by atoms with Crippen LogP contribution in [0.2, 0.25) is 0 Å². The number of carboxylic acids is 1. The van der Waals surface area contributed by atoms with Crippen LogP contribution < -0.4 is 10.6 Å². The molecular formula is C23H26N2O5. The van der Waals surface area contributed by atoms with Gasteiger partial charge < -0.3 is 20.5 Å². The van der Waals surface area contributed by atoms with Crippen LogP contribution in [0, 0.1) is 0 Å². The van der Waals surface area contributed by atoms with E-state index in [2.05, 4.69) is 22.8 Å². The fourth-order valence-electron chi connectivity index (χ4n) is 3.82. The SMILES string of the molecule is CC(CC(=O)O)NC(=O)C[C@@H](C)NC(=O)OCC1c2ccccc2-c2ccccc21. The number of amides is 2. The summed E-state index contributed by atoms with van der Waals surface area (Å²) in [5.74, 6) is -1.33. The molecule has 30 heavy (non-hydrogen) atoms. The first kappa shape index (κ1) is 21.4. The van der Waals surface area contributed by atoms with Crippen molar-refractivity contribution in [1.29, 1.82) is 0 Å². The molecule has 0 saturated heterocycles. The van der Waals surface area contributed by atoms with Crippen LogP contribution in [0.25, 0.3) is 11.1 Å². The van der Waals surface area contributed by atoms with E-state index < -0.39 is 24.1 Å². The Kier molecular flexibility index (Phi) is 6.72. The molecule has 1 unspecified atom stereocenters. The van der Waals surface area contributed by atoms with Crippen molar-refractivity contribution < 1.29 is 24.2 Å². The maximum absolute atomic E-state index is 12.2. The van der Waals surface area contributed by atoms with Gasteiger partial charge in [-0.1, -0.05) is 48.5 Å². The van der Waals surface area contributed by atoms with Crippen LogP contribution in [0.4, 0.5) is 4.79 Å². The number of aliphatic carboxylic acids is 1. The minimum Gasteiger partial charge on any atom is -0.481 e. The molecule has 0 radical (unpaired) electrons. The predicted octanol–water partition coefficient (Wildman–Crippen LogP) is 3.28. The number of ether oxygens (including phenoxy) is 1. The molecule has 0 bridgehead atoms. The Bertz CT molecular complexity index is 897. The van der Waals surface area contributed by atoms with E-state index in [-0.39, 0.29) is 31.3 Å². The van der Waals surface area contributed by atoms with E-state index >= 15 is 0 Å². The zero-order chi connectivity index (χ0) is 21.7. The van der Waals surface area contributed by atoms with Crippen LogP contribution in [0.15, 0.2) is 48.5 Å². The summed E-state index contributed by atoms with van der Waals surface area (Å²) in [6, 6.07) is 15.3. The smallest absolute Gasteiger partial charge is 0.407 e. The number of rotatable bonds is 8. The van der Waals surface area contributed by atoms with Gasteiger partial charge in [0.25, 0.3) is 0 Å². The lowest BCUT2D eigenvalue weighted by molar-refractivity contribution is -0.137. The second-order valence-corrected chi connectivity index (χ2v) is 7.64. The van der Waals surface area contributed by atoms with Gasteiger partial charge in [-0.3, -0.25) is 9.59 Å². The van der Waals surface area contributed by atoms with Crippen LogP contribution in [0.1, 0.15) is 43.7 Å². The third kappa shape index (κ3) is 5.17. The average molecular weight is 410 g/mol. The molecule has 7 nitrogen and oxygen atoms in total. The van der Waals surface area contributed by atoms with Gasteiger partial charge in [0.2, 0.25) is 5.91 Å². The van der Waals surface area contributed by atoms with Gasteiger partial charge in [-0.15, -0.1) is 0 Å². The summed E-state index contributed by atoms with van der Waals surface area (Å²) < 4.78 is 5.47. The lowest BCUT2D eigenvalue weighted by atomic mass is 9.98. The molecule has 1 aliphatic carbocycles. The molecule has 0 saturated carbocycles. The summed E-state index contributed by atoms with van der Waals surface area (Å²) >= 11 is 0. The number of fused-ring (bicyclic) bond motifs is 3. The van der Waals surface area contributed by atoms with E-state index in [1.54, 1.807) is 13.8 Å². The van der Waals surface area contributed by atoms with E-state index in [0.29, 0.717) is 0 Å². The maximum atomic E-state index is 12.2. The Morgan fingerprint density at radius 2 is 1.43 bits per heavy atom. The highest BCUT2D eigenvalue weighted by Crippen LogP contribution is 2.44. The highest BCUT2D eigenvalue weighted by molar-refractivity contribution is 5.80. The molecule has 1 aliphatic rings. The van der Waals surface area contributed by atoms with Crippen LogP contribution in [-0.4, -0.2) is 41.8 Å². The largest absolute Gasteiger partial charge is 0.481 e. The van der Waals surface area contributed by atoms with Crippen molar-refractivity contribution in [1.82, 2.24) is 10.6 Å². The van der Waals surface area contributed by atoms with Gasteiger partial charge in [-0.05, 0) is 36.1 Å². The molecule has 158 valence electrons. The number of hydrogen-bond acceptors (Lipinski definition) is 4. The van der Waals surface area contributed by atoms with Gasteiger partial charge >= 0.3 is 12.1 Å². The van der Waals surface area contributed by atoms with Crippen molar-refractivity contribution in [2.24, 2.45) is 0 Å². The first-order valence-corrected chi connectivity index (χ1v) is 9.97. The highest BCUT2D eigenvalue weighted by Gasteiger charge is 2.29. The van der Waals surface area contributed by atoms with E-state index in [1.165, 1.54) is 0 Å². The van der Waals surface area contributed by atoms with Gasteiger partial charge in [0.15, 0.2) is 0 Å². The number of nitrogens with one attached hydrogen (secondary N) is 2. The Morgan fingerprint density at radius 3 is 2.00 bits per heavy atom. The van der Waals surface area contributed by atoms with Gasteiger partial charge in [-0.2, -0.15) is 0 Å². The minimum atomic E-state index is -0.979. The average Bonchev–Trinajstić information content (AvgIpc) is 2.99. The molecule has 2 amide bonds. The van der Waals surface area contributed by atoms with Gasteiger partial charge in [0, 0.05) is 24.4 Å². The van der Waals surface area contributed by atoms with Gasteiger partial charge in [0.1, 0.15) is 6.61 Å². The fraction of sp³-hybridized carbons (Fsp3) is 0.348. The Hall–Kier alpha value is -3.35. The van der Waals surface area contributed by atoms with Crippen molar-refractivity contribution in [2.45, 2.75) is 44.7 Å². The number of carbonyl (C=O) groups is 3. The topological polar surface area (TPSA) is 105 Å². The summed E-state index contributed by atoms with van der Waals surface area (Å²) in [5.41, 5.74) is 4.57. The molecular weight excluding hydrogens is 384 g/mol. The summed E-state index contributed by atoms with van der Waals surface area (Å²) in [7, 11) is 0. The summed E-state index contributed by atoms with van der Waals surface area (Å²) in [5, 5.41) is 14.0.